The molecule has 3 nitrogen and oxygen atoms in total. The number of carbonyl (C=O) groups excluding carboxylic acids is 2. The number of aldehydes is 1. The molecule has 86 valence electrons. The maximum Gasteiger partial charge on any atom is 0.252 e. The van der Waals surface area contributed by atoms with Gasteiger partial charge in [0.2, 0.25) is 0 Å². The Morgan fingerprint density at radius 1 is 1.50 bits per heavy atom. The summed E-state index contributed by atoms with van der Waals surface area (Å²) in [6, 6.07) is 5.04. The second-order valence-corrected chi connectivity index (χ2v) is 4.37. The third-order valence-corrected chi connectivity index (χ3v) is 2.69. The van der Waals surface area contributed by atoms with E-state index in [-0.39, 0.29) is 5.91 Å². The molecule has 0 bridgehead atoms. The maximum absolute atomic E-state index is 11.7. The van der Waals surface area contributed by atoms with Crippen LogP contribution in [0.1, 0.15) is 40.5 Å². The first-order chi connectivity index (χ1) is 7.69. The number of hydrogen-bond acceptors (Lipinski definition) is 2. The number of halogens is 1. The summed E-state index contributed by atoms with van der Waals surface area (Å²) in [7, 11) is 0. The van der Waals surface area contributed by atoms with Crippen molar-refractivity contribution in [2.75, 3.05) is 6.54 Å². The van der Waals surface area contributed by atoms with E-state index in [0.717, 1.165) is 17.3 Å². The van der Waals surface area contributed by atoms with E-state index >= 15 is 0 Å². The summed E-state index contributed by atoms with van der Waals surface area (Å²) in [4.78, 5) is 22.5. The van der Waals surface area contributed by atoms with Crippen molar-refractivity contribution in [1.82, 2.24) is 5.32 Å². The fourth-order valence-corrected chi connectivity index (χ4v) is 1.69. The number of unbranched alkanes of at least 4 members (excludes halogenated alkanes) is 1. The van der Waals surface area contributed by atoms with Gasteiger partial charge in [0.25, 0.3) is 5.91 Å². The zero-order valence-electron chi connectivity index (χ0n) is 9.13. The molecule has 0 saturated heterocycles. The fraction of sp³-hybridized carbons (Fsp3) is 0.333. The summed E-state index contributed by atoms with van der Waals surface area (Å²) < 4.78 is 0.791. The first kappa shape index (κ1) is 12.9. The molecule has 0 aliphatic carbocycles. The van der Waals surface area contributed by atoms with Crippen LogP contribution in [0.3, 0.4) is 0 Å². The van der Waals surface area contributed by atoms with Crippen molar-refractivity contribution in [1.29, 1.82) is 0 Å². The van der Waals surface area contributed by atoms with Crippen molar-refractivity contribution < 1.29 is 9.59 Å². The molecule has 0 fully saturated rings. The summed E-state index contributed by atoms with van der Waals surface area (Å²) in [6.45, 7) is 2.70. The van der Waals surface area contributed by atoms with E-state index in [4.69, 9.17) is 0 Å². The van der Waals surface area contributed by atoms with Gasteiger partial charge < -0.3 is 5.32 Å². The van der Waals surface area contributed by atoms with Crippen LogP contribution >= 0.6 is 15.9 Å². The Balaban J connectivity index is 2.78. The molecule has 0 spiro atoms. The molecule has 1 rings (SSSR count). The highest BCUT2D eigenvalue weighted by molar-refractivity contribution is 9.10. The first-order valence-electron chi connectivity index (χ1n) is 5.22. The largest absolute Gasteiger partial charge is 0.352 e. The Morgan fingerprint density at radius 3 is 2.88 bits per heavy atom. The lowest BCUT2D eigenvalue weighted by atomic mass is 10.1. The lowest BCUT2D eigenvalue weighted by molar-refractivity contribution is 0.0947. The van der Waals surface area contributed by atoms with E-state index < -0.39 is 0 Å². The molecule has 0 unspecified atom stereocenters. The van der Waals surface area contributed by atoms with Crippen molar-refractivity contribution in [2.45, 2.75) is 19.8 Å². The van der Waals surface area contributed by atoms with Crippen molar-refractivity contribution >= 4 is 28.1 Å². The predicted molar refractivity (Wildman–Crippen MR) is 66.8 cm³/mol. The van der Waals surface area contributed by atoms with Crippen LogP contribution in [0.2, 0.25) is 0 Å². The minimum absolute atomic E-state index is 0.192. The van der Waals surface area contributed by atoms with Gasteiger partial charge in [0.15, 0.2) is 6.29 Å². The van der Waals surface area contributed by atoms with E-state index in [0.29, 0.717) is 24.0 Å². The lowest BCUT2D eigenvalue weighted by Gasteiger charge is -2.06. The molecule has 0 aliphatic rings. The van der Waals surface area contributed by atoms with Crippen LogP contribution in [0.4, 0.5) is 0 Å². The minimum Gasteiger partial charge on any atom is -0.352 e. The van der Waals surface area contributed by atoms with Crippen molar-refractivity contribution in [2.24, 2.45) is 0 Å². The van der Waals surface area contributed by atoms with Gasteiger partial charge in [-0.25, -0.2) is 0 Å². The number of carbonyl (C=O) groups is 2. The van der Waals surface area contributed by atoms with Crippen molar-refractivity contribution in [3.05, 3.63) is 33.8 Å². The number of hydrogen-bond donors (Lipinski definition) is 1. The Bertz CT molecular complexity index is 391. The second kappa shape index (κ2) is 6.43. The molecule has 0 aromatic heterocycles. The van der Waals surface area contributed by atoms with Crippen LogP contribution in [0.25, 0.3) is 0 Å². The van der Waals surface area contributed by atoms with Gasteiger partial charge in [0.05, 0.1) is 0 Å². The van der Waals surface area contributed by atoms with E-state index in [2.05, 4.69) is 28.2 Å². The van der Waals surface area contributed by atoms with Gasteiger partial charge in [-0.1, -0.05) is 29.3 Å². The summed E-state index contributed by atoms with van der Waals surface area (Å²) in [5, 5.41) is 2.78. The quantitative estimate of drug-likeness (QED) is 0.667. The van der Waals surface area contributed by atoms with Crippen molar-refractivity contribution in [3.8, 4) is 0 Å². The van der Waals surface area contributed by atoms with Crippen LogP contribution in [0.15, 0.2) is 22.7 Å². The summed E-state index contributed by atoms with van der Waals surface area (Å²) in [5.74, 6) is -0.192. The highest BCUT2D eigenvalue weighted by Gasteiger charge is 2.10. The van der Waals surface area contributed by atoms with E-state index in [9.17, 15) is 9.59 Å². The molecule has 0 atom stereocenters. The molecule has 1 N–H and O–H groups in total. The summed E-state index contributed by atoms with van der Waals surface area (Å²) >= 11 is 3.26. The highest BCUT2D eigenvalue weighted by Crippen LogP contribution is 2.15. The van der Waals surface area contributed by atoms with Crippen LogP contribution in [0.5, 0.6) is 0 Å². The number of benzene rings is 1. The normalized spacial score (nSPS) is 9.88. The lowest BCUT2D eigenvalue weighted by Crippen LogP contribution is -2.25. The molecular weight excluding hydrogens is 270 g/mol. The molecular formula is C12H14BrNO2. The summed E-state index contributed by atoms with van der Waals surface area (Å²) in [5.41, 5.74) is 0.831. The Labute approximate surface area is 103 Å². The smallest absolute Gasteiger partial charge is 0.252 e. The molecule has 0 aliphatic heterocycles. The molecule has 1 aromatic rings. The topological polar surface area (TPSA) is 46.2 Å². The van der Waals surface area contributed by atoms with Gasteiger partial charge in [-0.2, -0.15) is 0 Å². The standard InChI is InChI=1S/C12H14BrNO2/c1-2-3-6-14-12(16)11-5-4-10(13)7-9(11)8-15/h4-5,7-8H,2-3,6H2,1H3,(H,14,16). The van der Waals surface area contributed by atoms with Gasteiger partial charge in [0, 0.05) is 22.1 Å². The van der Waals surface area contributed by atoms with Crippen LogP contribution < -0.4 is 5.32 Å². The van der Waals surface area contributed by atoms with Gasteiger partial charge >= 0.3 is 0 Å². The van der Waals surface area contributed by atoms with Crippen molar-refractivity contribution in [3.63, 3.8) is 0 Å². The molecule has 0 radical (unpaired) electrons. The minimum atomic E-state index is -0.192. The van der Waals surface area contributed by atoms with E-state index in [1.54, 1.807) is 18.2 Å². The molecule has 0 saturated carbocycles. The van der Waals surface area contributed by atoms with Crippen LogP contribution in [-0.4, -0.2) is 18.7 Å². The van der Waals surface area contributed by atoms with E-state index in [1.807, 2.05) is 0 Å². The fourth-order valence-electron chi connectivity index (χ4n) is 1.31. The van der Waals surface area contributed by atoms with Gasteiger partial charge in [-0.05, 0) is 24.6 Å². The molecule has 0 heterocycles. The predicted octanol–water partition coefficient (Wildman–Crippen LogP) is 2.79. The Morgan fingerprint density at radius 2 is 2.25 bits per heavy atom. The van der Waals surface area contributed by atoms with Gasteiger partial charge in [-0.15, -0.1) is 0 Å². The first-order valence-corrected chi connectivity index (χ1v) is 6.01. The SMILES string of the molecule is CCCCNC(=O)c1ccc(Br)cc1C=O. The Hall–Kier alpha value is -1.16. The molecule has 1 amide bonds. The number of nitrogens with one attached hydrogen (secondary N) is 1. The molecule has 4 heteroatoms. The molecule has 16 heavy (non-hydrogen) atoms. The van der Waals surface area contributed by atoms with Crippen LogP contribution in [0, 0.1) is 0 Å². The van der Waals surface area contributed by atoms with Crippen LogP contribution in [-0.2, 0) is 0 Å². The third kappa shape index (κ3) is 3.45. The highest BCUT2D eigenvalue weighted by atomic mass is 79.9. The Kier molecular flexibility index (Phi) is 5.19. The molecule has 1 aromatic carbocycles. The van der Waals surface area contributed by atoms with Gasteiger partial charge in [0.1, 0.15) is 0 Å². The third-order valence-electron chi connectivity index (χ3n) is 2.20. The summed E-state index contributed by atoms with van der Waals surface area (Å²) in [6.07, 6.45) is 2.67. The second-order valence-electron chi connectivity index (χ2n) is 3.46. The van der Waals surface area contributed by atoms with Gasteiger partial charge in [-0.3, -0.25) is 9.59 Å². The maximum atomic E-state index is 11.7. The number of amides is 1. The monoisotopic (exact) mass is 283 g/mol. The number of rotatable bonds is 5. The average molecular weight is 284 g/mol. The zero-order valence-corrected chi connectivity index (χ0v) is 10.7. The van der Waals surface area contributed by atoms with E-state index in [1.165, 1.54) is 0 Å². The average Bonchev–Trinajstić information content (AvgIpc) is 2.29. The zero-order chi connectivity index (χ0) is 12.0.